The molecule has 2 heterocycles. The van der Waals surface area contributed by atoms with Gasteiger partial charge in [0.2, 0.25) is 11.8 Å². The topological polar surface area (TPSA) is 59.1 Å². The Labute approximate surface area is 142 Å². The minimum atomic E-state index is -0.243. The second kappa shape index (κ2) is 7.21. The molecule has 0 saturated carbocycles. The molecule has 0 radical (unpaired) electrons. The number of carbonyl (C=O) groups is 2. The van der Waals surface area contributed by atoms with Crippen molar-refractivity contribution in [2.75, 3.05) is 40.5 Å². The van der Waals surface area contributed by atoms with Crippen LogP contribution in [0, 0.1) is 5.92 Å². The third-order valence-corrected chi connectivity index (χ3v) is 4.89. The summed E-state index contributed by atoms with van der Waals surface area (Å²) < 4.78 is 10.7. The molecule has 2 aliphatic rings. The molecule has 2 aliphatic heterocycles. The van der Waals surface area contributed by atoms with Crippen molar-refractivity contribution >= 4 is 11.8 Å². The van der Waals surface area contributed by atoms with Gasteiger partial charge >= 0.3 is 0 Å². The smallest absolute Gasteiger partial charge is 0.229 e. The number of nitrogens with zero attached hydrogens (tertiary/aromatic N) is 2. The van der Waals surface area contributed by atoms with Crippen molar-refractivity contribution in [3.8, 4) is 5.75 Å². The molecule has 0 N–H and O–H groups in total. The van der Waals surface area contributed by atoms with E-state index in [4.69, 9.17) is 9.47 Å². The van der Waals surface area contributed by atoms with Crippen LogP contribution in [0.25, 0.3) is 0 Å². The molecule has 3 rings (SSSR count). The second-order valence-electron chi connectivity index (χ2n) is 6.48. The van der Waals surface area contributed by atoms with E-state index in [0.717, 1.165) is 11.3 Å². The van der Waals surface area contributed by atoms with Crippen LogP contribution < -0.4 is 4.74 Å². The highest BCUT2D eigenvalue weighted by Crippen LogP contribution is 2.21. The van der Waals surface area contributed by atoms with Crippen LogP contribution >= 0.6 is 0 Å². The maximum Gasteiger partial charge on any atom is 0.229 e. The normalized spacial score (nSPS) is 23.8. The van der Waals surface area contributed by atoms with Gasteiger partial charge in [-0.3, -0.25) is 9.59 Å². The molecule has 2 amide bonds. The standard InChI is InChI=1S/C18H24N2O4/c1-19-15-10-20(9-14(18(19)22)11-24-12-15)17(21)8-5-13-3-6-16(23-2)7-4-13/h3-4,6-7,14-15H,5,8-12H2,1-2H3/t14-,15+/m1/s1. The maximum absolute atomic E-state index is 12.6. The number of methoxy groups -OCH3 is 1. The van der Waals surface area contributed by atoms with Crippen molar-refractivity contribution < 1.29 is 19.1 Å². The van der Waals surface area contributed by atoms with E-state index >= 15 is 0 Å². The van der Waals surface area contributed by atoms with Crippen LogP contribution in [-0.2, 0) is 20.7 Å². The highest BCUT2D eigenvalue weighted by molar-refractivity contribution is 5.82. The minimum absolute atomic E-state index is 0.0464. The average molecular weight is 332 g/mol. The van der Waals surface area contributed by atoms with Gasteiger partial charge < -0.3 is 19.3 Å². The van der Waals surface area contributed by atoms with Gasteiger partial charge in [-0.25, -0.2) is 0 Å². The molecule has 6 heteroatoms. The number of ether oxygens (including phenoxy) is 2. The summed E-state index contributed by atoms with van der Waals surface area (Å²) in [4.78, 5) is 28.5. The Bertz CT molecular complexity index is 602. The van der Waals surface area contributed by atoms with Crippen LogP contribution in [0.5, 0.6) is 5.75 Å². The summed E-state index contributed by atoms with van der Waals surface area (Å²) in [6.07, 6.45) is 1.14. The third kappa shape index (κ3) is 3.53. The summed E-state index contributed by atoms with van der Waals surface area (Å²) in [5.74, 6) is 0.758. The van der Waals surface area contributed by atoms with Gasteiger partial charge in [-0.05, 0) is 24.1 Å². The number of hydrogen-bond donors (Lipinski definition) is 0. The predicted molar refractivity (Wildman–Crippen MR) is 88.8 cm³/mol. The lowest BCUT2D eigenvalue weighted by Crippen LogP contribution is -2.45. The molecular formula is C18H24N2O4. The zero-order valence-corrected chi connectivity index (χ0v) is 14.2. The van der Waals surface area contributed by atoms with E-state index in [-0.39, 0.29) is 23.8 Å². The zero-order chi connectivity index (χ0) is 17.1. The zero-order valence-electron chi connectivity index (χ0n) is 14.2. The van der Waals surface area contributed by atoms with Crippen molar-refractivity contribution in [2.45, 2.75) is 18.9 Å². The van der Waals surface area contributed by atoms with Crippen molar-refractivity contribution in [1.82, 2.24) is 9.80 Å². The molecule has 0 aliphatic carbocycles. The summed E-state index contributed by atoms with van der Waals surface area (Å²) in [5.41, 5.74) is 1.11. The fourth-order valence-corrected chi connectivity index (χ4v) is 3.30. The van der Waals surface area contributed by atoms with Crippen molar-refractivity contribution in [3.05, 3.63) is 29.8 Å². The fraction of sp³-hybridized carbons (Fsp3) is 0.556. The van der Waals surface area contributed by atoms with Crippen molar-refractivity contribution in [3.63, 3.8) is 0 Å². The number of likely N-dealkylation sites (N-methyl/N-ethyl adjacent to an activating group) is 1. The number of hydrogen-bond acceptors (Lipinski definition) is 4. The van der Waals surface area contributed by atoms with Gasteiger partial charge in [-0.1, -0.05) is 12.1 Å². The average Bonchev–Trinajstić information content (AvgIpc) is 2.78. The van der Waals surface area contributed by atoms with Crippen LogP contribution in [0.3, 0.4) is 0 Å². The molecule has 0 spiro atoms. The van der Waals surface area contributed by atoms with E-state index in [1.807, 2.05) is 29.2 Å². The molecule has 1 aromatic rings. The number of rotatable bonds is 4. The molecule has 1 aromatic carbocycles. The van der Waals surface area contributed by atoms with Crippen LogP contribution in [0.1, 0.15) is 12.0 Å². The monoisotopic (exact) mass is 332 g/mol. The van der Waals surface area contributed by atoms with E-state index in [1.165, 1.54) is 0 Å². The quantitative estimate of drug-likeness (QED) is 0.823. The highest BCUT2D eigenvalue weighted by atomic mass is 16.5. The Morgan fingerprint density at radius 2 is 2.00 bits per heavy atom. The van der Waals surface area contributed by atoms with Crippen LogP contribution in [0.4, 0.5) is 0 Å². The van der Waals surface area contributed by atoms with Gasteiger partial charge in [0.25, 0.3) is 0 Å². The first-order chi connectivity index (χ1) is 11.6. The van der Waals surface area contributed by atoms with E-state index < -0.39 is 0 Å². The molecule has 0 aromatic heterocycles. The highest BCUT2D eigenvalue weighted by Gasteiger charge is 2.38. The summed E-state index contributed by atoms with van der Waals surface area (Å²) in [5, 5.41) is 0. The lowest BCUT2D eigenvalue weighted by molar-refractivity contribution is -0.134. The maximum atomic E-state index is 12.6. The minimum Gasteiger partial charge on any atom is -0.497 e. The summed E-state index contributed by atoms with van der Waals surface area (Å²) in [6, 6.07) is 7.72. The van der Waals surface area contributed by atoms with Gasteiger partial charge in [-0.2, -0.15) is 0 Å². The molecule has 0 unspecified atom stereocenters. The van der Waals surface area contributed by atoms with Gasteiger partial charge in [0, 0.05) is 26.6 Å². The number of amides is 2. The molecular weight excluding hydrogens is 308 g/mol. The third-order valence-electron chi connectivity index (χ3n) is 4.89. The molecule has 2 fully saturated rings. The second-order valence-corrected chi connectivity index (χ2v) is 6.48. The summed E-state index contributed by atoms with van der Waals surface area (Å²) >= 11 is 0. The Kier molecular flexibility index (Phi) is 5.04. The number of aryl methyl sites for hydroxylation is 1. The van der Waals surface area contributed by atoms with Crippen molar-refractivity contribution in [1.29, 1.82) is 0 Å². The van der Waals surface area contributed by atoms with Crippen LogP contribution in [-0.4, -0.2) is 68.1 Å². The first kappa shape index (κ1) is 16.8. The van der Waals surface area contributed by atoms with Crippen LogP contribution in [0.15, 0.2) is 24.3 Å². The van der Waals surface area contributed by atoms with Gasteiger partial charge in [0.05, 0.1) is 32.3 Å². The first-order valence-electron chi connectivity index (χ1n) is 8.33. The largest absolute Gasteiger partial charge is 0.497 e. The van der Waals surface area contributed by atoms with Gasteiger partial charge in [0.1, 0.15) is 5.75 Å². The molecule has 2 saturated heterocycles. The number of fused-ring (bicyclic) bond motifs is 3. The van der Waals surface area contributed by atoms with Gasteiger partial charge in [0.15, 0.2) is 0 Å². The SMILES string of the molecule is COc1ccc(CCC(=O)N2C[C@@H]3COC[C@H](C2)N(C)C3=O)cc1. The lowest BCUT2D eigenvalue weighted by atomic mass is 10.1. The number of carbonyl (C=O) groups excluding carboxylic acids is 2. The molecule has 2 atom stereocenters. The Morgan fingerprint density at radius 1 is 1.25 bits per heavy atom. The summed E-state index contributed by atoms with van der Waals surface area (Å²) in [7, 11) is 3.44. The molecule has 2 bridgehead atoms. The molecule has 130 valence electrons. The lowest BCUT2D eigenvalue weighted by Gasteiger charge is -2.29. The predicted octanol–water partition coefficient (Wildman–Crippen LogP) is 0.943. The van der Waals surface area contributed by atoms with E-state index in [9.17, 15) is 9.59 Å². The molecule has 24 heavy (non-hydrogen) atoms. The fourth-order valence-electron chi connectivity index (χ4n) is 3.30. The molecule has 6 nitrogen and oxygen atoms in total. The number of benzene rings is 1. The Hall–Kier alpha value is -2.08. The van der Waals surface area contributed by atoms with E-state index in [0.29, 0.717) is 39.1 Å². The van der Waals surface area contributed by atoms with Crippen molar-refractivity contribution in [2.24, 2.45) is 5.92 Å². The van der Waals surface area contributed by atoms with E-state index in [1.54, 1.807) is 19.1 Å². The van der Waals surface area contributed by atoms with E-state index in [2.05, 4.69) is 0 Å². The van der Waals surface area contributed by atoms with Gasteiger partial charge in [-0.15, -0.1) is 0 Å². The Balaban J connectivity index is 1.61. The first-order valence-corrected chi connectivity index (χ1v) is 8.33. The Morgan fingerprint density at radius 3 is 2.71 bits per heavy atom. The summed E-state index contributed by atoms with van der Waals surface area (Å²) in [6.45, 7) is 1.92. The van der Waals surface area contributed by atoms with Crippen LogP contribution in [0.2, 0.25) is 0 Å².